The molecule has 2 heteroatoms. The van der Waals surface area contributed by atoms with Crippen LogP contribution in [0.5, 0.6) is 0 Å². The fourth-order valence-corrected chi connectivity index (χ4v) is 1.85. The molecule has 0 atom stereocenters. The first kappa shape index (κ1) is 8.09. The molecule has 0 bridgehead atoms. The molecule has 0 aliphatic rings. The van der Waals surface area contributed by atoms with E-state index in [2.05, 4.69) is 19.9 Å². The highest BCUT2D eigenvalue weighted by molar-refractivity contribution is 7.14. The largest absolute Gasteiger partial charge is 0.132 e. The Morgan fingerprint density at radius 2 is 2.30 bits per heavy atom. The van der Waals surface area contributed by atoms with E-state index in [0.717, 1.165) is 10.8 Å². The van der Waals surface area contributed by atoms with Crippen molar-refractivity contribution in [3.05, 3.63) is 21.3 Å². The Bertz CT molecular complexity index is 203. The molecule has 56 valence electrons. The topological polar surface area (TPSA) is 0 Å². The Hall–Kier alpha value is -0.0100. The maximum Gasteiger partial charge on any atom is 0.0960 e. The van der Waals surface area contributed by atoms with Gasteiger partial charge in [0.2, 0.25) is 0 Å². The van der Waals surface area contributed by atoms with E-state index >= 15 is 0 Å². The molecule has 0 saturated heterocycles. The van der Waals surface area contributed by atoms with Crippen molar-refractivity contribution < 1.29 is 0 Å². The average Bonchev–Trinajstić information content (AvgIpc) is 2.15. The van der Waals surface area contributed by atoms with Crippen LogP contribution in [0.4, 0.5) is 0 Å². The molecule has 0 amide bonds. The van der Waals surface area contributed by atoms with Crippen molar-refractivity contribution in [1.82, 2.24) is 0 Å². The third kappa shape index (κ3) is 1.99. The molecular formula is C8H11ClS. The molecule has 0 radical (unpaired) electrons. The molecule has 1 aromatic rings. The van der Waals surface area contributed by atoms with Gasteiger partial charge in [-0.05, 0) is 29.3 Å². The van der Waals surface area contributed by atoms with Crippen LogP contribution in [0.1, 0.15) is 19.4 Å². The van der Waals surface area contributed by atoms with Gasteiger partial charge < -0.3 is 0 Å². The van der Waals surface area contributed by atoms with Gasteiger partial charge in [-0.3, -0.25) is 0 Å². The number of halogens is 1. The number of rotatable bonds is 2. The predicted molar refractivity (Wildman–Crippen MR) is 47.9 cm³/mol. The average molecular weight is 175 g/mol. The summed E-state index contributed by atoms with van der Waals surface area (Å²) in [5.41, 5.74) is 1.29. The van der Waals surface area contributed by atoms with Gasteiger partial charge >= 0.3 is 0 Å². The minimum absolute atomic E-state index is 0.701. The first-order chi connectivity index (χ1) is 4.70. The van der Waals surface area contributed by atoms with Gasteiger partial charge in [0.05, 0.1) is 4.34 Å². The Kier molecular flexibility index (Phi) is 2.75. The van der Waals surface area contributed by atoms with E-state index < -0.39 is 0 Å². The molecule has 1 heterocycles. The van der Waals surface area contributed by atoms with Gasteiger partial charge in [0, 0.05) is 0 Å². The van der Waals surface area contributed by atoms with Crippen LogP contribution in [0.15, 0.2) is 11.4 Å². The molecule has 0 fully saturated rings. The van der Waals surface area contributed by atoms with Crippen LogP contribution in [0.3, 0.4) is 0 Å². The lowest BCUT2D eigenvalue weighted by Crippen LogP contribution is -1.91. The third-order valence-corrected chi connectivity index (χ3v) is 2.57. The normalized spacial score (nSPS) is 10.8. The van der Waals surface area contributed by atoms with Gasteiger partial charge in [0.15, 0.2) is 0 Å². The van der Waals surface area contributed by atoms with Crippen LogP contribution in [-0.4, -0.2) is 0 Å². The van der Waals surface area contributed by atoms with Crippen molar-refractivity contribution in [1.29, 1.82) is 0 Å². The van der Waals surface area contributed by atoms with E-state index in [-0.39, 0.29) is 0 Å². The monoisotopic (exact) mass is 174 g/mol. The quantitative estimate of drug-likeness (QED) is 0.643. The summed E-state index contributed by atoms with van der Waals surface area (Å²) >= 11 is 7.51. The number of hydrogen-bond donors (Lipinski definition) is 0. The van der Waals surface area contributed by atoms with Gasteiger partial charge in [-0.25, -0.2) is 0 Å². The van der Waals surface area contributed by atoms with Gasteiger partial charge in [-0.2, -0.15) is 0 Å². The fourth-order valence-electron chi connectivity index (χ4n) is 0.905. The summed E-state index contributed by atoms with van der Waals surface area (Å²) in [5, 5.41) is 2.04. The molecule has 1 rings (SSSR count). The summed E-state index contributed by atoms with van der Waals surface area (Å²) in [6, 6.07) is 2.10. The van der Waals surface area contributed by atoms with Crippen molar-refractivity contribution >= 4 is 22.9 Å². The maximum atomic E-state index is 5.90. The molecule has 0 saturated carbocycles. The SMILES string of the molecule is CC(C)Cc1ccsc1Cl. The highest BCUT2D eigenvalue weighted by Crippen LogP contribution is 2.24. The summed E-state index contributed by atoms with van der Waals surface area (Å²) in [6.45, 7) is 4.40. The lowest BCUT2D eigenvalue weighted by Gasteiger charge is -2.00. The first-order valence-electron chi connectivity index (χ1n) is 3.42. The van der Waals surface area contributed by atoms with Gasteiger partial charge in [0.25, 0.3) is 0 Å². The van der Waals surface area contributed by atoms with Crippen molar-refractivity contribution in [3.63, 3.8) is 0 Å². The van der Waals surface area contributed by atoms with Crippen LogP contribution >= 0.6 is 22.9 Å². The van der Waals surface area contributed by atoms with Crippen LogP contribution < -0.4 is 0 Å². The Morgan fingerprint density at radius 3 is 2.70 bits per heavy atom. The zero-order valence-corrected chi connectivity index (χ0v) is 7.80. The summed E-state index contributed by atoms with van der Waals surface area (Å²) in [4.78, 5) is 0. The maximum absolute atomic E-state index is 5.90. The molecule has 0 aliphatic carbocycles. The van der Waals surface area contributed by atoms with Gasteiger partial charge in [0.1, 0.15) is 0 Å². The second-order valence-corrected chi connectivity index (χ2v) is 4.34. The van der Waals surface area contributed by atoms with E-state index in [1.165, 1.54) is 5.56 Å². The minimum Gasteiger partial charge on any atom is -0.132 e. The van der Waals surface area contributed by atoms with Crippen LogP contribution in [-0.2, 0) is 6.42 Å². The molecule has 0 N–H and O–H groups in total. The van der Waals surface area contributed by atoms with Crippen molar-refractivity contribution in [2.24, 2.45) is 5.92 Å². The van der Waals surface area contributed by atoms with Crippen LogP contribution in [0.2, 0.25) is 4.34 Å². The molecule has 0 nitrogen and oxygen atoms in total. The lowest BCUT2D eigenvalue weighted by atomic mass is 10.1. The Morgan fingerprint density at radius 1 is 1.60 bits per heavy atom. The number of hydrogen-bond acceptors (Lipinski definition) is 1. The zero-order valence-electron chi connectivity index (χ0n) is 6.23. The van der Waals surface area contributed by atoms with E-state index in [0.29, 0.717) is 5.92 Å². The highest BCUT2D eigenvalue weighted by Gasteiger charge is 2.02. The molecule has 10 heavy (non-hydrogen) atoms. The fraction of sp³-hybridized carbons (Fsp3) is 0.500. The second kappa shape index (κ2) is 3.40. The number of thiophene rings is 1. The van der Waals surface area contributed by atoms with Crippen molar-refractivity contribution in [2.75, 3.05) is 0 Å². The standard InChI is InChI=1S/C8H11ClS/c1-6(2)5-7-3-4-10-8(7)9/h3-4,6H,5H2,1-2H3. The lowest BCUT2D eigenvalue weighted by molar-refractivity contribution is 0.649. The minimum atomic E-state index is 0.701. The van der Waals surface area contributed by atoms with Crippen molar-refractivity contribution in [2.45, 2.75) is 20.3 Å². The predicted octanol–water partition coefficient (Wildman–Crippen LogP) is 3.60. The first-order valence-corrected chi connectivity index (χ1v) is 4.67. The summed E-state index contributed by atoms with van der Waals surface area (Å²) in [5.74, 6) is 0.701. The van der Waals surface area contributed by atoms with Crippen LogP contribution in [0.25, 0.3) is 0 Å². The van der Waals surface area contributed by atoms with E-state index in [1.807, 2.05) is 5.38 Å². The second-order valence-electron chi connectivity index (χ2n) is 2.82. The van der Waals surface area contributed by atoms with E-state index in [4.69, 9.17) is 11.6 Å². The molecule has 1 aromatic heterocycles. The van der Waals surface area contributed by atoms with E-state index in [1.54, 1.807) is 11.3 Å². The van der Waals surface area contributed by atoms with Gasteiger partial charge in [-0.15, -0.1) is 11.3 Å². The Balaban J connectivity index is 2.65. The molecular weight excluding hydrogens is 164 g/mol. The summed E-state index contributed by atoms with van der Waals surface area (Å²) in [7, 11) is 0. The molecule has 0 aromatic carbocycles. The zero-order chi connectivity index (χ0) is 7.56. The molecule has 0 aliphatic heterocycles. The van der Waals surface area contributed by atoms with E-state index in [9.17, 15) is 0 Å². The van der Waals surface area contributed by atoms with Crippen LogP contribution in [0, 0.1) is 5.92 Å². The third-order valence-electron chi connectivity index (χ3n) is 1.32. The highest BCUT2D eigenvalue weighted by atomic mass is 35.5. The smallest absolute Gasteiger partial charge is 0.0960 e. The Labute approximate surface area is 70.8 Å². The van der Waals surface area contributed by atoms with Crippen molar-refractivity contribution in [3.8, 4) is 0 Å². The molecule has 0 unspecified atom stereocenters. The molecule has 0 spiro atoms. The summed E-state index contributed by atoms with van der Waals surface area (Å²) < 4.78 is 0.953. The van der Waals surface area contributed by atoms with Gasteiger partial charge in [-0.1, -0.05) is 25.4 Å². The summed E-state index contributed by atoms with van der Waals surface area (Å²) in [6.07, 6.45) is 1.10.